The largest absolute Gasteiger partial charge is 0.399 e. The fourth-order valence-electron chi connectivity index (χ4n) is 0.596. The van der Waals surface area contributed by atoms with Gasteiger partial charge in [-0.1, -0.05) is 20.3 Å². The highest BCUT2D eigenvalue weighted by Crippen LogP contribution is 2.11. The molecule has 1 aromatic rings. The highest BCUT2D eigenvalue weighted by atomic mass is 35.5. The maximum Gasteiger partial charge on any atom is 0.269 e. The molecule has 0 aliphatic carbocycles. The van der Waals surface area contributed by atoms with Gasteiger partial charge in [-0.25, -0.2) is 0 Å². The second-order valence-electron chi connectivity index (χ2n) is 2.56. The van der Waals surface area contributed by atoms with Crippen molar-refractivity contribution in [3.8, 4) is 0 Å². The molecule has 0 heterocycles. The molecule has 1 rings (SSSR count). The highest BCUT2D eigenvalue weighted by Gasteiger charge is 2.00. The van der Waals surface area contributed by atoms with Crippen molar-refractivity contribution >= 4 is 23.8 Å². The Morgan fingerprint density at radius 3 is 1.93 bits per heavy atom. The number of nitrogens with two attached hydrogens (primary N) is 1. The lowest BCUT2D eigenvalue weighted by atomic mass is 10.3. The van der Waals surface area contributed by atoms with Gasteiger partial charge >= 0.3 is 0 Å². The molecule has 1 aromatic carbocycles. The van der Waals surface area contributed by atoms with Gasteiger partial charge in [-0.2, -0.15) is 0 Å². The average Bonchev–Trinajstić information content (AvgIpc) is 2.06. The van der Waals surface area contributed by atoms with E-state index >= 15 is 0 Å². The third-order valence-electron chi connectivity index (χ3n) is 1.10. The first kappa shape index (κ1) is 15.2. The van der Waals surface area contributed by atoms with Crippen LogP contribution in [-0.4, -0.2) is 4.92 Å². The van der Waals surface area contributed by atoms with Crippen molar-refractivity contribution in [2.75, 3.05) is 5.73 Å². The Bertz CT molecular complexity index is 262. The van der Waals surface area contributed by atoms with Gasteiger partial charge in [-0.3, -0.25) is 10.1 Å². The van der Waals surface area contributed by atoms with E-state index in [4.69, 9.17) is 5.73 Å². The zero-order valence-corrected chi connectivity index (χ0v) is 9.08. The van der Waals surface area contributed by atoms with E-state index in [1.807, 2.05) is 0 Å². The molecule has 0 amide bonds. The lowest BCUT2D eigenvalue weighted by Crippen LogP contribution is -1.88. The summed E-state index contributed by atoms with van der Waals surface area (Å²) in [4.78, 5) is 9.62. The summed E-state index contributed by atoms with van der Waals surface area (Å²) in [6.07, 6.45) is 1.25. The number of nitrogen functional groups attached to an aromatic ring is 1. The van der Waals surface area contributed by atoms with E-state index in [1.165, 1.54) is 30.7 Å². The van der Waals surface area contributed by atoms with Crippen LogP contribution in [0.4, 0.5) is 11.4 Å². The number of non-ortho nitro benzene ring substituents is 1. The number of nitrogens with zero attached hydrogens (tertiary/aromatic N) is 1. The second kappa shape index (κ2) is 8.31. The Balaban J connectivity index is 0. The number of nitro groups is 1. The van der Waals surface area contributed by atoms with E-state index < -0.39 is 4.92 Å². The number of halogens is 1. The van der Waals surface area contributed by atoms with Crippen molar-refractivity contribution in [2.24, 2.45) is 0 Å². The monoisotopic (exact) mass is 218 g/mol. The van der Waals surface area contributed by atoms with Crippen LogP contribution >= 0.6 is 12.4 Å². The third kappa shape index (κ3) is 6.25. The molecule has 0 bridgehead atoms. The van der Waals surface area contributed by atoms with Crippen LogP contribution in [0.3, 0.4) is 0 Å². The predicted octanol–water partition coefficient (Wildman–Crippen LogP) is 3.02. The van der Waals surface area contributed by atoms with Crippen molar-refractivity contribution < 1.29 is 4.92 Å². The summed E-state index contributed by atoms with van der Waals surface area (Å²) >= 11 is 0. The number of hydrogen-bond acceptors (Lipinski definition) is 3. The minimum Gasteiger partial charge on any atom is -0.399 e. The topological polar surface area (TPSA) is 69.2 Å². The molecule has 14 heavy (non-hydrogen) atoms. The number of nitro benzene ring substituents is 1. The van der Waals surface area contributed by atoms with Crippen LogP contribution in [0.15, 0.2) is 24.3 Å². The van der Waals surface area contributed by atoms with Gasteiger partial charge in [0, 0.05) is 17.8 Å². The molecule has 0 spiro atoms. The SMILES string of the molecule is CCC.Cl.Nc1ccc([N+](=O)[O-])cc1. The van der Waals surface area contributed by atoms with Gasteiger partial charge in [0.1, 0.15) is 0 Å². The molecule has 2 N–H and O–H groups in total. The molecular weight excluding hydrogens is 204 g/mol. The number of benzene rings is 1. The van der Waals surface area contributed by atoms with Gasteiger partial charge in [-0.05, 0) is 12.1 Å². The van der Waals surface area contributed by atoms with Crippen LogP contribution in [0.1, 0.15) is 20.3 Å². The van der Waals surface area contributed by atoms with Gasteiger partial charge in [-0.15, -0.1) is 12.4 Å². The zero-order chi connectivity index (χ0) is 10.3. The molecule has 5 heteroatoms. The molecule has 0 aliphatic heterocycles. The summed E-state index contributed by atoms with van der Waals surface area (Å²) in [7, 11) is 0. The average molecular weight is 219 g/mol. The number of anilines is 1. The molecule has 0 saturated carbocycles. The van der Waals surface area contributed by atoms with Crippen molar-refractivity contribution in [1.82, 2.24) is 0 Å². The van der Waals surface area contributed by atoms with Gasteiger partial charge in [0.25, 0.3) is 5.69 Å². The molecule has 0 aromatic heterocycles. The third-order valence-corrected chi connectivity index (χ3v) is 1.10. The normalized spacial score (nSPS) is 7.86. The second-order valence-corrected chi connectivity index (χ2v) is 2.56. The van der Waals surface area contributed by atoms with E-state index in [0.29, 0.717) is 5.69 Å². The molecular formula is C9H15ClN2O2. The molecule has 0 aliphatic rings. The summed E-state index contributed by atoms with van der Waals surface area (Å²) in [5.41, 5.74) is 5.90. The van der Waals surface area contributed by atoms with Crippen molar-refractivity contribution in [3.05, 3.63) is 34.4 Å². The van der Waals surface area contributed by atoms with E-state index in [0.717, 1.165) is 0 Å². The Morgan fingerprint density at radius 1 is 1.29 bits per heavy atom. The molecule has 0 fully saturated rings. The van der Waals surface area contributed by atoms with Crippen LogP contribution in [0.2, 0.25) is 0 Å². The predicted molar refractivity (Wildman–Crippen MR) is 60.7 cm³/mol. The van der Waals surface area contributed by atoms with Crippen molar-refractivity contribution in [3.63, 3.8) is 0 Å². The fourth-order valence-corrected chi connectivity index (χ4v) is 0.596. The van der Waals surface area contributed by atoms with E-state index in [-0.39, 0.29) is 18.1 Å². The van der Waals surface area contributed by atoms with Crippen LogP contribution in [0, 0.1) is 10.1 Å². The molecule has 4 nitrogen and oxygen atoms in total. The minimum atomic E-state index is -0.459. The van der Waals surface area contributed by atoms with Gasteiger partial charge < -0.3 is 5.73 Å². The standard InChI is InChI=1S/C6H6N2O2.C3H8.ClH/c7-5-1-3-6(4-2-5)8(9)10;1-3-2;/h1-4H,7H2;3H2,1-2H3;1H. The van der Waals surface area contributed by atoms with Gasteiger partial charge in [0.05, 0.1) is 4.92 Å². The molecule has 0 atom stereocenters. The van der Waals surface area contributed by atoms with Gasteiger partial charge in [0.15, 0.2) is 0 Å². The van der Waals surface area contributed by atoms with Crippen molar-refractivity contribution in [1.29, 1.82) is 0 Å². The Kier molecular flexibility index (Phi) is 9.02. The van der Waals surface area contributed by atoms with Crippen LogP contribution in [0.25, 0.3) is 0 Å². The maximum atomic E-state index is 10.1. The van der Waals surface area contributed by atoms with Crippen LogP contribution in [-0.2, 0) is 0 Å². The quantitative estimate of drug-likeness (QED) is 0.448. The fraction of sp³-hybridized carbons (Fsp3) is 0.333. The molecule has 0 radical (unpaired) electrons. The number of hydrogen-bond donors (Lipinski definition) is 1. The summed E-state index contributed by atoms with van der Waals surface area (Å²) in [6, 6.07) is 5.74. The Hall–Kier alpha value is -1.29. The van der Waals surface area contributed by atoms with E-state index in [1.54, 1.807) is 0 Å². The first-order valence-electron chi connectivity index (χ1n) is 4.11. The maximum absolute atomic E-state index is 10.1. The highest BCUT2D eigenvalue weighted by molar-refractivity contribution is 5.85. The van der Waals surface area contributed by atoms with Crippen LogP contribution in [0.5, 0.6) is 0 Å². The summed E-state index contributed by atoms with van der Waals surface area (Å²) in [5.74, 6) is 0. The summed E-state index contributed by atoms with van der Waals surface area (Å²) in [5, 5.41) is 10.1. The lowest BCUT2D eigenvalue weighted by molar-refractivity contribution is -0.384. The Labute approximate surface area is 89.7 Å². The zero-order valence-electron chi connectivity index (χ0n) is 8.27. The number of rotatable bonds is 1. The molecule has 80 valence electrons. The van der Waals surface area contributed by atoms with E-state index in [9.17, 15) is 10.1 Å². The lowest BCUT2D eigenvalue weighted by Gasteiger charge is -1.90. The molecule has 0 unspecified atom stereocenters. The summed E-state index contributed by atoms with van der Waals surface area (Å²) in [6.45, 7) is 4.25. The van der Waals surface area contributed by atoms with Gasteiger partial charge in [0.2, 0.25) is 0 Å². The smallest absolute Gasteiger partial charge is 0.269 e. The molecule has 0 saturated heterocycles. The van der Waals surface area contributed by atoms with Crippen LogP contribution < -0.4 is 5.73 Å². The summed E-state index contributed by atoms with van der Waals surface area (Å²) < 4.78 is 0. The first-order chi connectivity index (χ1) is 6.11. The van der Waals surface area contributed by atoms with Crippen molar-refractivity contribution in [2.45, 2.75) is 20.3 Å². The van der Waals surface area contributed by atoms with E-state index in [2.05, 4.69) is 13.8 Å². The first-order valence-corrected chi connectivity index (χ1v) is 4.11. The minimum absolute atomic E-state index is 0. The Morgan fingerprint density at radius 2 is 1.64 bits per heavy atom.